The zero-order valence-electron chi connectivity index (χ0n) is 33.1. The minimum absolute atomic E-state index is 0.0402. The standard InChI is InChI=1S/C39H54N12O7S2/c1-21(60)32(33(41)53)51-38(58)29(18-23-20-46-25-12-7-6-11-24(23)25)49-35(55)27(13-8-15-45-39(42)43)47-36(56)28(17-22-9-4-3-5-10-22)48-37(57)30(19-31(40)52)50-34(54)26(44-2)14-16-59/h3-7,9-12,20,26-30,32,44,46,59-60H,1,8,13-19H2,2H3,(H2,40,52)(H2,41,53)(H,47,56)(H,48,57)(H,49,55)(H,50,54)(H,51,58)(H4,42,43,45)/t26-,27-,28+,29-,30-,32-/m0/s1. The summed E-state index contributed by atoms with van der Waals surface area (Å²) in [6, 6.07) is 8.33. The maximum absolute atomic E-state index is 14.2. The number of hydrogen-bond donors (Lipinski definition) is 13. The first-order valence-corrected chi connectivity index (χ1v) is 20.0. The highest BCUT2D eigenvalue weighted by molar-refractivity contribution is 7.84. The van der Waals surface area contributed by atoms with Crippen LogP contribution in [0.2, 0.25) is 0 Å². The molecule has 19 nitrogen and oxygen atoms in total. The number of carbonyl (C=O) groups is 7. The second-order valence-electron chi connectivity index (χ2n) is 13.8. The van der Waals surface area contributed by atoms with E-state index < -0.39 is 84.0 Å². The topological polar surface area (TPSA) is 324 Å². The van der Waals surface area contributed by atoms with Gasteiger partial charge in [-0.3, -0.25) is 38.6 Å². The average Bonchev–Trinajstić information content (AvgIpc) is 3.61. The van der Waals surface area contributed by atoms with Gasteiger partial charge in [0.25, 0.3) is 0 Å². The second kappa shape index (κ2) is 24.1. The van der Waals surface area contributed by atoms with Crippen molar-refractivity contribution in [3.63, 3.8) is 0 Å². The number of nitrogens with one attached hydrogen (secondary N) is 7. The number of nitrogens with two attached hydrogens (primary N) is 4. The number of fused-ring (bicyclic) bond motifs is 1. The monoisotopic (exact) mass is 866 g/mol. The smallest absolute Gasteiger partial charge is 0.245 e. The molecule has 0 fully saturated rings. The molecule has 324 valence electrons. The summed E-state index contributed by atoms with van der Waals surface area (Å²) in [7, 11) is 1.55. The Morgan fingerprint density at radius 2 is 1.27 bits per heavy atom. The number of aliphatic imine (C=N–C) groups is 1. The molecule has 3 rings (SSSR count). The van der Waals surface area contributed by atoms with Crippen LogP contribution in [0, 0.1) is 0 Å². The molecule has 0 bridgehead atoms. The predicted molar refractivity (Wildman–Crippen MR) is 234 cm³/mol. The van der Waals surface area contributed by atoms with E-state index in [1.165, 1.54) is 0 Å². The predicted octanol–water partition coefficient (Wildman–Crippen LogP) is -1.86. The Kier molecular flexibility index (Phi) is 19.4. The number of para-hydroxylation sites is 1. The molecule has 0 aliphatic rings. The molecule has 2 aromatic carbocycles. The molecule has 7 amide bonds. The third-order valence-corrected chi connectivity index (χ3v) is 9.77. The van der Waals surface area contributed by atoms with Gasteiger partial charge in [-0.25, -0.2) is 0 Å². The highest BCUT2D eigenvalue weighted by Gasteiger charge is 2.34. The number of aromatic amines is 1. The Balaban J connectivity index is 1.98. The zero-order chi connectivity index (χ0) is 44.4. The van der Waals surface area contributed by atoms with Gasteiger partial charge in [0.05, 0.1) is 12.5 Å². The summed E-state index contributed by atoms with van der Waals surface area (Å²) < 4.78 is 0. The summed E-state index contributed by atoms with van der Waals surface area (Å²) in [5.41, 5.74) is 24.0. The highest BCUT2D eigenvalue weighted by Crippen LogP contribution is 2.20. The molecule has 6 atom stereocenters. The van der Waals surface area contributed by atoms with Crippen LogP contribution in [-0.4, -0.2) is 108 Å². The summed E-state index contributed by atoms with van der Waals surface area (Å²) >= 11 is 8.27. The van der Waals surface area contributed by atoms with E-state index >= 15 is 0 Å². The summed E-state index contributed by atoms with van der Waals surface area (Å²) in [5, 5.41) is 16.6. The third kappa shape index (κ3) is 15.3. The van der Waals surface area contributed by atoms with Gasteiger partial charge in [0, 0.05) is 41.4 Å². The van der Waals surface area contributed by atoms with Gasteiger partial charge in [-0.1, -0.05) is 55.1 Å². The summed E-state index contributed by atoms with van der Waals surface area (Å²) in [4.78, 5) is 100. The van der Waals surface area contributed by atoms with Gasteiger partial charge in [-0.2, -0.15) is 12.6 Å². The van der Waals surface area contributed by atoms with E-state index in [9.17, 15) is 33.6 Å². The zero-order valence-corrected chi connectivity index (χ0v) is 34.9. The van der Waals surface area contributed by atoms with Crippen LogP contribution in [0.4, 0.5) is 0 Å². The van der Waals surface area contributed by atoms with Crippen LogP contribution in [0.3, 0.4) is 0 Å². The number of rotatable bonds is 25. The van der Waals surface area contributed by atoms with Crippen molar-refractivity contribution in [2.45, 2.75) is 74.8 Å². The van der Waals surface area contributed by atoms with E-state index in [1.807, 2.05) is 18.2 Å². The molecule has 15 N–H and O–H groups in total. The van der Waals surface area contributed by atoms with Crippen LogP contribution in [0.25, 0.3) is 10.9 Å². The average molecular weight is 867 g/mol. The molecule has 1 heterocycles. The number of thiol groups is 2. The Bertz CT molecular complexity index is 2010. The van der Waals surface area contributed by atoms with Crippen LogP contribution >= 0.6 is 25.3 Å². The molecule has 0 aliphatic carbocycles. The highest BCUT2D eigenvalue weighted by atomic mass is 32.1. The Labute approximate surface area is 358 Å². The molecular formula is C39H54N12O7S2. The van der Waals surface area contributed by atoms with E-state index in [1.54, 1.807) is 49.6 Å². The summed E-state index contributed by atoms with van der Waals surface area (Å²) in [6.07, 6.45) is 1.40. The molecule has 60 heavy (non-hydrogen) atoms. The number of primary amides is 2. The molecule has 21 heteroatoms. The largest absolute Gasteiger partial charge is 0.370 e. The van der Waals surface area contributed by atoms with Crippen molar-refractivity contribution < 1.29 is 33.6 Å². The number of benzene rings is 2. The van der Waals surface area contributed by atoms with E-state index in [2.05, 4.69) is 73.7 Å². The number of nitrogens with zero attached hydrogens (tertiary/aromatic N) is 1. The van der Waals surface area contributed by atoms with Crippen molar-refractivity contribution in [1.82, 2.24) is 36.9 Å². The first-order valence-electron chi connectivity index (χ1n) is 18.9. The number of H-pyrrole nitrogens is 1. The fourth-order valence-corrected chi connectivity index (χ4v) is 6.61. The maximum atomic E-state index is 14.2. The lowest BCUT2D eigenvalue weighted by molar-refractivity contribution is -0.135. The molecule has 0 aliphatic heterocycles. The molecule has 0 saturated carbocycles. The van der Waals surface area contributed by atoms with Gasteiger partial charge in [0.2, 0.25) is 41.4 Å². The Morgan fingerprint density at radius 3 is 1.87 bits per heavy atom. The number of guanidine groups is 1. The first-order chi connectivity index (χ1) is 28.5. The molecular weight excluding hydrogens is 813 g/mol. The molecule has 3 aromatic rings. The number of aromatic nitrogens is 1. The number of amides is 7. The van der Waals surface area contributed by atoms with Gasteiger partial charge in [0.1, 0.15) is 30.2 Å². The lowest BCUT2D eigenvalue weighted by Crippen LogP contribution is -2.60. The summed E-state index contributed by atoms with van der Waals surface area (Å²) in [6.45, 7) is 3.68. The van der Waals surface area contributed by atoms with Gasteiger partial charge < -0.3 is 59.8 Å². The van der Waals surface area contributed by atoms with Crippen molar-refractivity contribution in [1.29, 1.82) is 0 Å². The van der Waals surface area contributed by atoms with E-state index in [-0.39, 0.29) is 43.1 Å². The van der Waals surface area contributed by atoms with E-state index in [0.717, 1.165) is 10.9 Å². The SMILES string of the molecule is C=C(S)[C@H](NC(=O)[C@H](Cc1c[nH]c2ccccc12)NC(=O)[C@H](CCCN=C(N)N)NC(=O)[C@@H](Cc1ccccc1)NC(=O)[C@H](CC(N)=O)NC(=O)[C@H](CCS)NC)C(N)=O. The molecule has 1 aromatic heterocycles. The van der Waals surface area contributed by atoms with Gasteiger partial charge >= 0.3 is 0 Å². The number of carbonyl (C=O) groups excluding carboxylic acids is 7. The Morgan fingerprint density at radius 1 is 0.717 bits per heavy atom. The maximum Gasteiger partial charge on any atom is 0.245 e. The van der Waals surface area contributed by atoms with Crippen molar-refractivity contribution in [3.05, 3.63) is 83.4 Å². The fraction of sp³-hybridized carbons (Fsp3) is 0.385. The van der Waals surface area contributed by atoms with Crippen LogP contribution in [0.15, 0.2) is 77.3 Å². The lowest BCUT2D eigenvalue weighted by Gasteiger charge is -2.27. The molecule has 0 spiro atoms. The van der Waals surface area contributed by atoms with Crippen molar-refractivity contribution in [2.75, 3.05) is 19.3 Å². The normalized spacial score (nSPS) is 13.9. The number of hydrogen-bond acceptors (Lipinski definition) is 11. The van der Waals surface area contributed by atoms with Crippen LogP contribution in [0.5, 0.6) is 0 Å². The van der Waals surface area contributed by atoms with Crippen molar-refractivity contribution in [2.24, 2.45) is 27.9 Å². The van der Waals surface area contributed by atoms with E-state index in [4.69, 9.17) is 22.9 Å². The van der Waals surface area contributed by atoms with Crippen LogP contribution < -0.4 is 54.8 Å². The third-order valence-electron chi connectivity index (χ3n) is 9.25. The molecule has 0 unspecified atom stereocenters. The van der Waals surface area contributed by atoms with Gasteiger partial charge in [0.15, 0.2) is 5.96 Å². The van der Waals surface area contributed by atoms with Crippen LogP contribution in [0.1, 0.15) is 36.8 Å². The molecule has 0 radical (unpaired) electrons. The lowest BCUT2D eigenvalue weighted by atomic mass is 10.0. The van der Waals surface area contributed by atoms with E-state index in [0.29, 0.717) is 23.3 Å². The fourth-order valence-electron chi connectivity index (χ4n) is 6.16. The van der Waals surface area contributed by atoms with Crippen molar-refractivity contribution in [3.8, 4) is 0 Å². The number of likely N-dealkylation sites (N-methyl/N-ethyl adjacent to an activating group) is 1. The van der Waals surface area contributed by atoms with Gasteiger partial charge in [-0.05, 0) is 49.3 Å². The summed E-state index contributed by atoms with van der Waals surface area (Å²) in [5.74, 6) is -5.59. The minimum atomic E-state index is -1.46. The van der Waals surface area contributed by atoms with Crippen molar-refractivity contribution >= 4 is 83.5 Å². The second-order valence-corrected chi connectivity index (χ2v) is 14.8. The first kappa shape index (κ1) is 48.3. The van der Waals surface area contributed by atoms with Crippen LogP contribution in [-0.2, 0) is 46.4 Å². The quantitative estimate of drug-likeness (QED) is 0.0195. The molecule has 0 saturated heterocycles. The Hall–Kier alpha value is -6.06. The minimum Gasteiger partial charge on any atom is -0.370 e. The van der Waals surface area contributed by atoms with Gasteiger partial charge in [-0.15, -0.1) is 12.6 Å².